The van der Waals surface area contributed by atoms with Gasteiger partial charge < -0.3 is 4.90 Å². The van der Waals surface area contributed by atoms with Crippen LogP contribution >= 0.6 is 24.0 Å². The van der Waals surface area contributed by atoms with Crippen LogP contribution in [-0.4, -0.2) is 47.7 Å². The molecule has 0 N–H and O–H groups in total. The zero-order valence-corrected chi connectivity index (χ0v) is 17.2. The monoisotopic (exact) mass is 418 g/mol. The Bertz CT molecular complexity index is 846. The van der Waals surface area contributed by atoms with E-state index in [4.69, 9.17) is 11.6 Å². The van der Waals surface area contributed by atoms with Gasteiger partial charge in [0.1, 0.15) is 0 Å². The number of piperidine rings is 1. The number of benzene rings is 2. The van der Waals surface area contributed by atoms with Crippen LogP contribution < -0.4 is 0 Å². The number of Topliss-reactive ketones (excluding diaryl/α,β-unsaturated/α-hetero) is 1. The molecule has 2 aromatic carbocycles. The molecule has 0 bridgehead atoms. The second kappa shape index (κ2) is 9.08. The summed E-state index contributed by atoms with van der Waals surface area (Å²) in [6, 6.07) is 15.0. The van der Waals surface area contributed by atoms with E-state index in [2.05, 4.69) is 4.90 Å². The minimum Gasteiger partial charge on any atom is -0.334 e. The highest BCUT2D eigenvalue weighted by Crippen LogP contribution is 2.26. The van der Waals surface area contributed by atoms with Gasteiger partial charge in [-0.1, -0.05) is 29.8 Å². The van der Waals surface area contributed by atoms with E-state index in [0.29, 0.717) is 23.0 Å². The fraction of sp³-hybridized carbons (Fsp3) is 0.364. The molecule has 1 fully saturated rings. The highest BCUT2D eigenvalue weighted by atomic mass is 35.5. The lowest BCUT2D eigenvalue weighted by molar-refractivity contribution is 0.0707. The molecular weight excluding hydrogens is 395 g/mol. The lowest BCUT2D eigenvalue weighted by atomic mass is 9.95. The zero-order chi connectivity index (χ0) is 18.8. The van der Waals surface area contributed by atoms with E-state index in [0.717, 1.165) is 50.1 Å². The van der Waals surface area contributed by atoms with Crippen LogP contribution in [0.5, 0.6) is 0 Å². The molecule has 0 aromatic heterocycles. The molecule has 0 saturated carbocycles. The number of likely N-dealkylation sites (tertiary alicyclic amines) is 1. The van der Waals surface area contributed by atoms with E-state index in [-0.39, 0.29) is 24.1 Å². The van der Waals surface area contributed by atoms with E-state index >= 15 is 0 Å². The highest BCUT2D eigenvalue weighted by Gasteiger charge is 2.30. The molecule has 0 spiro atoms. The van der Waals surface area contributed by atoms with E-state index < -0.39 is 0 Å². The van der Waals surface area contributed by atoms with Gasteiger partial charge in [0, 0.05) is 29.2 Å². The summed E-state index contributed by atoms with van der Waals surface area (Å²) in [5, 5.41) is 0.644. The summed E-state index contributed by atoms with van der Waals surface area (Å²) in [7, 11) is 0. The second-order valence-corrected chi connectivity index (χ2v) is 7.93. The average molecular weight is 419 g/mol. The average Bonchev–Trinajstić information content (AvgIpc) is 3.00. The third-order valence-corrected chi connectivity index (χ3v) is 5.87. The zero-order valence-electron chi connectivity index (χ0n) is 15.6. The van der Waals surface area contributed by atoms with Gasteiger partial charge in [-0.3, -0.25) is 14.5 Å². The number of ketones is 1. The first-order valence-corrected chi connectivity index (χ1v) is 9.86. The maximum atomic E-state index is 12.5. The molecule has 0 atom stereocenters. The van der Waals surface area contributed by atoms with Crippen molar-refractivity contribution in [2.24, 2.45) is 5.92 Å². The van der Waals surface area contributed by atoms with Crippen molar-refractivity contribution in [2.45, 2.75) is 19.4 Å². The Labute approximate surface area is 176 Å². The van der Waals surface area contributed by atoms with Crippen molar-refractivity contribution in [1.82, 2.24) is 9.80 Å². The van der Waals surface area contributed by atoms with Gasteiger partial charge in [-0.25, -0.2) is 0 Å². The quantitative estimate of drug-likeness (QED) is 0.679. The second-order valence-electron chi connectivity index (χ2n) is 7.49. The predicted octanol–water partition coefficient (Wildman–Crippen LogP) is 4.31. The number of carbonyl (C=O) groups is 2. The van der Waals surface area contributed by atoms with E-state index in [9.17, 15) is 9.59 Å². The van der Waals surface area contributed by atoms with Gasteiger partial charge in [-0.05, 0) is 67.7 Å². The molecule has 148 valence electrons. The van der Waals surface area contributed by atoms with Gasteiger partial charge in [0.25, 0.3) is 5.91 Å². The Balaban J connectivity index is 0.00000225. The van der Waals surface area contributed by atoms with Crippen molar-refractivity contribution < 1.29 is 9.59 Å². The molecule has 4 rings (SSSR count). The Hall–Kier alpha value is -1.88. The number of fused-ring (bicyclic) bond motifs is 1. The summed E-state index contributed by atoms with van der Waals surface area (Å²) < 4.78 is 0. The van der Waals surface area contributed by atoms with Gasteiger partial charge >= 0.3 is 0 Å². The smallest absolute Gasteiger partial charge is 0.254 e. The number of hydrogen-bond acceptors (Lipinski definition) is 3. The summed E-state index contributed by atoms with van der Waals surface area (Å²) in [6.45, 7) is 3.79. The van der Waals surface area contributed by atoms with E-state index in [1.54, 1.807) is 24.3 Å². The maximum Gasteiger partial charge on any atom is 0.254 e. The van der Waals surface area contributed by atoms with E-state index in [1.165, 1.54) is 0 Å². The van der Waals surface area contributed by atoms with Gasteiger partial charge in [-0.15, -0.1) is 12.4 Å². The number of rotatable bonds is 5. The van der Waals surface area contributed by atoms with Gasteiger partial charge in [-0.2, -0.15) is 0 Å². The van der Waals surface area contributed by atoms with E-state index in [1.807, 2.05) is 29.2 Å². The Morgan fingerprint density at radius 2 is 1.71 bits per heavy atom. The molecule has 2 heterocycles. The Kier molecular flexibility index (Phi) is 6.76. The number of amides is 1. The first-order valence-electron chi connectivity index (χ1n) is 9.48. The largest absolute Gasteiger partial charge is 0.334 e. The van der Waals surface area contributed by atoms with Gasteiger partial charge in [0.05, 0.1) is 6.54 Å². The summed E-state index contributed by atoms with van der Waals surface area (Å²) in [4.78, 5) is 29.1. The summed E-state index contributed by atoms with van der Waals surface area (Å²) in [6.07, 6.45) is 2.04. The highest BCUT2D eigenvalue weighted by molar-refractivity contribution is 6.30. The summed E-state index contributed by atoms with van der Waals surface area (Å²) in [5.41, 5.74) is 2.69. The minimum atomic E-state index is 0. The SMILES string of the molecule is Cl.O=C(CN1CCC(CN2Cc3ccccc3C2=O)CC1)c1ccc(Cl)cc1. The first kappa shape index (κ1) is 20.8. The van der Waals surface area contributed by atoms with Gasteiger partial charge in [0.2, 0.25) is 0 Å². The third-order valence-electron chi connectivity index (χ3n) is 5.62. The Morgan fingerprint density at radius 1 is 1.04 bits per heavy atom. The fourth-order valence-corrected chi connectivity index (χ4v) is 4.16. The van der Waals surface area contributed by atoms with Crippen LogP contribution in [0.2, 0.25) is 5.02 Å². The molecule has 1 saturated heterocycles. The molecule has 2 aliphatic rings. The Morgan fingerprint density at radius 3 is 2.39 bits per heavy atom. The third kappa shape index (κ3) is 4.57. The van der Waals surface area contributed by atoms with Crippen LogP contribution in [0.4, 0.5) is 0 Å². The van der Waals surface area contributed by atoms with Crippen molar-refractivity contribution in [3.8, 4) is 0 Å². The minimum absolute atomic E-state index is 0. The van der Waals surface area contributed by atoms with Crippen LogP contribution in [-0.2, 0) is 6.54 Å². The van der Waals surface area contributed by atoms with Crippen molar-refractivity contribution in [1.29, 1.82) is 0 Å². The van der Waals surface area contributed by atoms with Crippen LogP contribution in [0.15, 0.2) is 48.5 Å². The molecule has 0 unspecified atom stereocenters. The van der Waals surface area contributed by atoms with Gasteiger partial charge in [0.15, 0.2) is 5.78 Å². The summed E-state index contributed by atoms with van der Waals surface area (Å²) in [5.74, 6) is 0.798. The molecule has 2 aromatic rings. The number of halogens is 2. The normalized spacial score (nSPS) is 17.3. The number of hydrogen-bond donors (Lipinski definition) is 0. The van der Waals surface area contributed by atoms with Crippen molar-refractivity contribution in [2.75, 3.05) is 26.2 Å². The van der Waals surface area contributed by atoms with Crippen LogP contribution in [0, 0.1) is 5.92 Å². The number of carbonyl (C=O) groups excluding carboxylic acids is 2. The van der Waals surface area contributed by atoms with Crippen LogP contribution in [0.3, 0.4) is 0 Å². The predicted molar refractivity (Wildman–Crippen MR) is 113 cm³/mol. The lowest BCUT2D eigenvalue weighted by Crippen LogP contribution is -2.40. The van der Waals surface area contributed by atoms with Crippen molar-refractivity contribution in [3.63, 3.8) is 0 Å². The molecule has 6 heteroatoms. The first-order chi connectivity index (χ1) is 13.1. The molecular formula is C22H24Cl2N2O2. The fourth-order valence-electron chi connectivity index (χ4n) is 4.03. The maximum absolute atomic E-state index is 12.5. The van der Waals surface area contributed by atoms with Crippen molar-refractivity contribution >= 4 is 35.7 Å². The molecule has 28 heavy (non-hydrogen) atoms. The summed E-state index contributed by atoms with van der Waals surface area (Å²) >= 11 is 5.88. The van der Waals surface area contributed by atoms with Crippen LogP contribution in [0.1, 0.15) is 39.1 Å². The molecule has 0 aliphatic carbocycles. The molecule has 1 amide bonds. The van der Waals surface area contributed by atoms with Crippen LogP contribution in [0.25, 0.3) is 0 Å². The molecule has 4 nitrogen and oxygen atoms in total. The standard InChI is InChI=1S/C22H23ClN2O2.ClH/c23-19-7-5-17(6-8-19)21(26)15-24-11-9-16(10-12-24)13-25-14-18-3-1-2-4-20(18)22(25)27;/h1-8,16H,9-15H2;1H. The topological polar surface area (TPSA) is 40.6 Å². The molecule has 2 aliphatic heterocycles. The number of nitrogens with zero attached hydrogens (tertiary/aromatic N) is 2. The molecule has 0 radical (unpaired) electrons. The lowest BCUT2D eigenvalue weighted by Gasteiger charge is -2.33. The van der Waals surface area contributed by atoms with Crippen molar-refractivity contribution in [3.05, 3.63) is 70.2 Å².